The SMILES string of the molecule is CCCNC(c1ccc(F)c(Br)c1)C(C)(C)S(C)(=O)=O. The predicted molar refractivity (Wildman–Crippen MR) is 84.1 cm³/mol. The molecule has 20 heavy (non-hydrogen) atoms. The number of rotatable bonds is 6. The number of benzene rings is 1. The highest BCUT2D eigenvalue weighted by Gasteiger charge is 2.39. The summed E-state index contributed by atoms with van der Waals surface area (Å²) in [5.41, 5.74) is 0.752. The van der Waals surface area contributed by atoms with E-state index in [-0.39, 0.29) is 5.82 Å². The van der Waals surface area contributed by atoms with E-state index in [0.717, 1.165) is 12.0 Å². The van der Waals surface area contributed by atoms with Gasteiger partial charge in [0.2, 0.25) is 0 Å². The zero-order valence-electron chi connectivity index (χ0n) is 12.2. The highest BCUT2D eigenvalue weighted by Crippen LogP contribution is 2.33. The van der Waals surface area contributed by atoms with E-state index in [2.05, 4.69) is 21.2 Å². The molecule has 1 aromatic carbocycles. The maximum atomic E-state index is 13.4. The summed E-state index contributed by atoms with van der Waals surface area (Å²) < 4.78 is 36.8. The topological polar surface area (TPSA) is 46.2 Å². The maximum absolute atomic E-state index is 13.4. The largest absolute Gasteiger partial charge is 0.309 e. The van der Waals surface area contributed by atoms with Crippen LogP contribution in [0.15, 0.2) is 22.7 Å². The van der Waals surface area contributed by atoms with Crippen molar-refractivity contribution in [3.8, 4) is 0 Å². The lowest BCUT2D eigenvalue weighted by Gasteiger charge is -2.34. The van der Waals surface area contributed by atoms with Gasteiger partial charge >= 0.3 is 0 Å². The summed E-state index contributed by atoms with van der Waals surface area (Å²) in [7, 11) is -3.27. The molecule has 3 nitrogen and oxygen atoms in total. The number of hydrogen-bond donors (Lipinski definition) is 1. The minimum absolute atomic E-state index is 0.336. The Balaban J connectivity index is 3.28. The molecule has 0 bridgehead atoms. The van der Waals surface area contributed by atoms with Crippen molar-refractivity contribution in [2.24, 2.45) is 0 Å². The summed E-state index contributed by atoms with van der Waals surface area (Å²) in [4.78, 5) is 0. The molecule has 6 heteroatoms. The molecule has 0 radical (unpaired) electrons. The molecular weight excluding hydrogens is 345 g/mol. The van der Waals surface area contributed by atoms with E-state index < -0.39 is 20.6 Å². The van der Waals surface area contributed by atoms with Crippen LogP contribution < -0.4 is 5.32 Å². The fourth-order valence-corrected chi connectivity index (χ4v) is 3.00. The average Bonchev–Trinajstić information content (AvgIpc) is 2.32. The first kappa shape index (κ1) is 17.6. The zero-order chi connectivity index (χ0) is 15.6. The molecule has 0 saturated carbocycles. The van der Waals surface area contributed by atoms with Crippen molar-refractivity contribution in [1.29, 1.82) is 0 Å². The molecule has 0 aliphatic carbocycles. The Hall–Kier alpha value is -0.460. The molecule has 0 amide bonds. The van der Waals surface area contributed by atoms with Gasteiger partial charge in [0.25, 0.3) is 0 Å². The van der Waals surface area contributed by atoms with E-state index in [1.807, 2.05) is 6.92 Å². The third-order valence-corrected chi connectivity index (χ3v) is 6.28. The van der Waals surface area contributed by atoms with Crippen LogP contribution in [0.4, 0.5) is 4.39 Å². The monoisotopic (exact) mass is 365 g/mol. The first-order chi connectivity index (χ1) is 9.11. The van der Waals surface area contributed by atoms with Gasteiger partial charge in [-0.15, -0.1) is 0 Å². The van der Waals surface area contributed by atoms with Gasteiger partial charge in [-0.1, -0.05) is 13.0 Å². The van der Waals surface area contributed by atoms with Crippen molar-refractivity contribution < 1.29 is 12.8 Å². The normalized spacial score (nSPS) is 14.3. The Morgan fingerprint density at radius 1 is 1.40 bits per heavy atom. The predicted octanol–water partition coefficient (Wildman–Crippen LogP) is 3.45. The summed E-state index contributed by atoms with van der Waals surface area (Å²) in [6, 6.07) is 4.21. The van der Waals surface area contributed by atoms with Crippen molar-refractivity contribution in [2.45, 2.75) is 38.0 Å². The van der Waals surface area contributed by atoms with Crippen LogP contribution in [0.25, 0.3) is 0 Å². The number of sulfone groups is 1. The van der Waals surface area contributed by atoms with Crippen LogP contribution in [0.2, 0.25) is 0 Å². The second kappa shape index (κ2) is 6.54. The third kappa shape index (κ3) is 3.80. The molecular formula is C14H21BrFNO2S. The van der Waals surface area contributed by atoms with Crippen LogP contribution in [0.5, 0.6) is 0 Å². The van der Waals surface area contributed by atoms with Crippen LogP contribution in [-0.2, 0) is 9.84 Å². The minimum atomic E-state index is -3.27. The van der Waals surface area contributed by atoms with Gasteiger partial charge in [-0.05, 0) is 60.4 Å². The van der Waals surface area contributed by atoms with Crippen molar-refractivity contribution in [1.82, 2.24) is 5.32 Å². The Kier molecular flexibility index (Phi) is 5.75. The molecule has 1 aromatic rings. The van der Waals surface area contributed by atoms with Crippen molar-refractivity contribution in [2.75, 3.05) is 12.8 Å². The van der Waals surface area contributed by atoms with E-state index in [0.29, 0.717) is 11.0 Å². The molecule has 114 valence electrons. The molecule has 0 aromatic heterocycles. The van der Waals surface area contributed by atoms with Gasteiger partial charge in [0.05, 0.1) is 15.3 Å². The summed E-state index contributed by atoms with van der Waals surface area (Å²) in [5, 5.41) is 3.26. The van der Waals surface area contributed by atoms with Gasteiger partial charge in [-0.3, -0.25) is 0 Å². The van der Waals surface area contributed by atoms with E-state index in [1.165, 1.54) is 12.3 Å². The van der Waals surface area contributed by atoms with Crippen LogP contribution >= 0.6 is 15.9 Å². The van der Waals surface area contributed by atoms with Gasteiger partial charge in [0, 0.05) is 6.26 Å². The zero-order valence-corrected chi connectivity index (χ0v) is 14.6. The lowest BCUT2D eigenvalue weighted by Crippen LogP contribution is -2.45. The molecule has 0 spiro atoms. The van der Waals surface area contributed by atoms with Crippen LogP contribution in [0, 0.1) is 5.82 Å². The summed E-state index contributed by atoms with van der Waals surface area (Å²) in [6.45, 7) is 6.08. The summed E-state index contributed by atoms with van der Waals surface area (Å²) in [5.74, 6) is -0.361. The number of nitrogens with one attached hydrogen (secondary N) is 1. The standard InChI is InChI=1S/C14H21BrFNO2S/c1-5-8-17-13(14(2,3)20(4,18)19)10-6-7-12(16)11(15)9-10/h6-7,9,13,17H,5,8H2,1-4H3. The molecule has 0 aliphatic rings. The van der Waals surface area contributed by atoms with Gasteiger partial charge in [-0.25, -0.2) is 12.8 Å². The van der Waals surface area contributed by atoms with Gasteiger partial charge in [0.15, 0.2) is 9.84 Å². The van der Waals surface area contributed by atoms with Gasteiger partial charge in [-0.2, -0.15) is 0 Å². The molecule has 1 N–H and O–H groups in total. The van der Waals surface area contributed by atoms with Crippen LogP contribution in [0.3, 0.4) is 0 Å². The summed E-state index contributed by atoms with van der Waals surface area (Å²) >= 11 is 3.15. The lowest BCUT2D eigenvalue weighted by atomic mass is 9.95. The van der Waals surface area contributed by atoms with Crippen LogP contribution in [0.1, 0.15) is 38.8 Å². The molecule has 1 atom stereocenters. The molecule has 1 unspecified atom stereocenters. The number of hydrogen-bond acceptors (Lipinski definition) is 3. The molecule has 0 heterocycles. The number of halogens is 2. The lowest BCUT2D eigenvalue weighted by molar-refractivity contribution is 0.419. The van der Waals surface area contributed by atoms with Crippen LogP contribution in [-0.4, -0.2) is 26.0 Å². The molecule has 0 saturated heterocycles. The highest BCUT2D eigenvalue weighted by molar-refractivity contribution is 9.10. The Labute approximate surface area is 129 Å². The first-order valence-electron chi connectivity index (χ1n) is 6.49. The fourth-order valence-electron chi connectivity index (χ4n) is 1.96. The van der Waals surface area contributed by atoms with Crippen molar-refractivity contribution in [3.05, 3.63) is 34.1 Å². The quantitative estimate of drug-likeness (QED) is 0.839. The average molecular weight is 366 g/mol. The van der Waals surface area contributed by atoms with Crippen molar-refractivity contribution >= 4 is 25.8 Å². The highest BCUT2D eigenvalue weighted by atomic mass is 79.9. The molecule has 0 fully saturated rings. The van der Waals surface area contributed by atoms with E-state index in [4.69, 9.17) is 0 Å². The summed E-state index contributed by atoms with van der Waals surface area (Å²) in [6.07, 6.45) is 2.12. The van der Waals surface area contributed by atoms with Gasteiger partial charge < -0.3 is 5.32 Å². The first-order valence-corrected chi connectivity index (χ1v) is 9.17. The fraction of sp³-hybridized carbons (Fsp3) is 0.571. The Morgan fingerprint density at radius 2 is 2.00 bits per heavy atom. The Morgan fingerprint density at radius 3 is 2.45 bits per heavy atom. The van der Waals surface area contributed by atoms with E-state index >= 15 is 0 Å². The minimum Gasteiger partial charge on any atom is -0.309 e. The molecule has 0 aliphatic heterocycles. The van der Waals surface area contributed by atoms with E-state index in [1.54, 1.807) is 26.0 Å². The van der Waals surface area contributed by atoms with E-state index in [9.17, 15) is 12.8 Å². The second-order valence-electron chi connectivity index (χ2n) is 5.44. The Bertz CT molecular complexity index is 573. The van der Waals surface area contributed by atoms with Crippen molar-refractivity contribution in [3.63, 3.8) is 0 Å². The smallest absolute Gasteiger partial charge is 0.154 e. The maximum Gasteiger partial charge on any atom is 0.154 e. The molecule has 1 rings (SSSR count). The third-order valence-electron chi connectivity index (χ3n) is 3.53. The second-order valence-corrected chi connectivity index (χ2v) is 8.89. The van der Waals surface area contributed by atoms with Gasteiger partial charge in [0.1, 0.15) is 5.82 Å².